The highest BCUT2D eigenvalue weighted by Crippen LogP contribution is 2.27. The summed E-state index contributed by atoms with van der Waals surface area (Å²) < 4.78 is 5.17. The van der Waals surface area contributed by atoms with E-state index in [2.05, 4.69) is 4.98 Å². The molecule has 2 rings (SSSR count). The van der Waals surface area contributed by atoms with E-state index in [1.54, 1.807) is 11.3 Å². The van der Waals surface area contributed by atoms with Crippen LogP contribution in [-0.4, -0.2) is 16.1 Å². The summed E-state index contributed by atoms with van der Waals surface area (Å²) in [7, 11) is 0. The minimum Gasteiger partial charge on any atom is -0.481 e. The Kier molecular flexibility index (Phi) is 2.82. The highest BCUT2D eigenvalue weighted by atomic mass is 32.1. The van der Waals surface area contributed by atoms with Crippen molar-refractivity contribution in [3.8, 4) is 10.6 Å². The fourth-order valence-corrected chi connectivity index (χ4v) is 2.02. The molecule has 0 aliphatic heterocycles. The molecule has 0 amide bonds. The second-order valence-electron chi connectivity index (χ2n) is 3.00. The van der Waals surface area contributed by atoms with Crippen LogP contribution in [0.4, 0.5) is 0 Å². The average Bonchev–Trinajstić information content (AvgIpc) is 2.85. The standard InChI is InChI=1S/C10H9NO3S/c12-9(13)4-3-7-10(11-6-14-7)8-2-1-5-15-8/h1-2,5-6H,3-4H2,(H,12,13). The van der Waals surface area contributed by atoms with Gasteiger partial charge in [-0.15, -0.1) is 11.3 Å². The first-order valence-electron chi connectivity index (χ1n) is 4.45. The Morgan fingerprint density at radius 3 is 3.13 bits per heavy atom. The van der Waals surface area contributed by atoms with Gasteiger partial charge >= 0.3 is 5.97 Å². The van der Waals surface area contributed by atoms with Gasteiger partial charge in [0, 0.05) is 6.42 Å². The van der Waals surface area contributed by atoms with Crippen molar-refractivity contribution >= 4 is 17.3 Å². The Balaban J connectivity index is 2.19. The third kappa shape index (κ3) is 2.24. The molecule has 0 saturated carbocycles. The number of aryl methyl sites for hydroxylation is 1. The summed E-state index contributed by atoms with van der Waals surface area (Å²) in [6.45, 7) is 0. The molecule has 0 bridgehead atoms. The highest BCUT2D eigenvalue weighted by molar-refractivity contribution is 7.13. The van der Waals surface area contributed by atoms with E-state index in [-0.39, 0.29) is 6.42 Å². The lowest BCUT2D eigenvalue weighted by molar-refractivity contribution is -0.137. The van der Waals surface area contributed by atoms with Crippen molar-refractivity contribution in [2.45, 2.75) is 12.8 Å². The van der Waals surface area contributed by atoms with Gasteiger partial charge in [-0.05, 0) is 11.4 Å². The monoisotopic (exact) mass is 223 g/mol. The molecule has 2 aromatic rings. The van der Waals surface area contributed by atoms with Crippen LogP contribution < -0.4 is 0 Å². The molecule has 0 aromatic carbocycles. The number of carboxylic acid groups (broad SMARTS) is 1. The van der Waals surface area contributed by atoms with Crippen LogP contribution in [0.15, 0.2) is 28.3 Å². The number of aliphatic carboxylic acids is 1. The van der Waals surface area contributed by atoms with Crippen molar-refractivity contribution in [2.24, 2.45) is 0 Å². The second kappa shape index (κ2) is 4.27. The van der Waals surface area contributed by atoms with Crippen molar-refractivity contribution in [1.29, 1.82) is 0 Å². The van der Waals surface area contributed by atoms with Crippen LogP contribution in [0.2, 0.25) is 0 Å². The SMILES string of the molecule is O=C(O)CCc1ocnc1-c1cccs1. The average molecular weight is 223 g/mol. The predicted molar refractivity (Wildman–Crippen MR) is 55.8 cm³/mol. The summed E-state index contributed by atoms with van der Waals surface area (Å²) in [5, 5.41) is 10.5. The zero-order valence-electron chi connectivity index (χ0n) is 7.84. The number of aromatic nitrogens is 1. The van der Waals surface area contributed by atoms with Crippen LogP contribution >= 0.6 is 11.3 Å². The first kappa shape index (κ1) is 9.92. The topological polar surface area (TPSA) is 63.3 Å². The zero-order valence-corrected chi connectivity index (χ0v) is 8.66. The van der Waals surface area contributed by atoms with Crippen LogP contribution in [0, 0.1) is 0 Å². The van der Waals surface area contributed by atoms with E-state index in [4.69, 9.17) is 9.52 Å². The van der Waals surface area contributed by atoms with Gasteiger partial charge in [0.2, 0.25) is 0 Å². The Labute approximate surface area is 90.2 Å². The van der Waals surface area contributed by atoms with E-state index in [0.717, 1.165) is 10.6 Å². The maximum atomic E-state index is 10.4. The van der Waals surface area contributed by atoms with Crippen LogP contribution in [-0.2, 0) is 11.2 Å². The number of thiophene rings is 1. The van der Waals surface area contributed by atoms with Crippen LogP contribution in [0.1, 0.15) is 12.2 Å². The second-order valence-corrected chi connectivity index (χ2v) is 3.94. The Bertz CT molecular complexity index is 447. The fraction of sp³-hybridized carbons (Fsp3) is 0.200. The summed E-state index contributed by atoms with van der Waals surface area (Å²) in [5.41, 5.74) is 0.756. The summed E-state index contributed by atoms with van der Waals surface area (Å²) in [4.78, 5) is 15.5. The first-order chi connectivity index (χ1) is 7.27. The van der Waals surface area contributed by atoms with Crippen LogP contribution in [0.5, 0.6) is 0 Å². The molecule has 0 fully saturated rings. The molecule has 0 unspecified atom stereocenters. The molecule has 15 heavy (non-hydrogen) atoms. The molecule has 0 saturated heterocycles. The fourth-order valence-electron chi connectivity index (χ4n) is 1.28. The normalized spacial score (nSPS) is 10.4. The number of hydrogen-bond donors (Lipinski definition) is 1. The van der Waals surface area contributed by atoms with E-state index in [9.17, 15) is 4.79 Å². The van der Waals surface area contributed by atoms with Crippen molar-refractivity contribution in [2.75, 3.05) is 0 Å². The third-order valence-corrected chi connectivity index (χ3v) is 2.84. The third-order valence-electron chi connectivity index (χ3n) is 1.96. The molecule has 0 aliphatic carbocycles. The Morgan fingerprint density at radius 2 is 2.47 bits per heavy atom. The lowest BCUT2D eigenvalue weighted by Crippen LogP contribution is -1.97. The lowest BCUT2D eigenvalue weighted by Gasteiger charge is -1.95. The lowest BCUT2D eigenvalue weighted by atomic mass is 10.2. The molecule has 5 heteroatoms. The number of carbonyl (C=O) groups is 1. The van der Waals surface area contributed by atoms with Gasteiger partial charge in [-0.3, -0.25) is 4.79 Å². The molecule has 0 spiro atoms. The van der Waals surface area contributed by atoms with Crippen molar-refractivity contribution < 1.29 is 14.3 Å². The van der Waals surface area contributed by atoms with E-state index in [1.165, 1.54) is 6.39 Å². The van der Waals surface area contributed by atoms with Gasteiger partial charge in [-0.1, -0.05) is 6.07 Å². The van der Waals surface area contributed by atoms with Gasteiger partial charge in [0.05, 0.1) is 11.3 Å². The van der Waals surface area contributed by atoms with Gasteiger partial charge < -0.3 is 9.52 Å². The largest absolute Gasteiger partial charge is 0.481 e. The molecule has 0 atom stereocenters. The molecule has 0 aliphatic rings. The molecule has 2 heterocycles. The van der Waals surface area contributed by atoms with Crippen molar-refractivity contribution in [3.05, 3.63) is 29.7 Å². The number of rotatable bonds is 4. The van der Waals surface area contributed by atoms with Gasteiger partial charge in [0.25, 0.3) is 0 Å². The maximum absolute atomic E-state index is 10.4. The van der Waals surface area contributed by atoms with E-state index in [1.807, 2.05) is 17.5 Å². The summed E-state index contributed by atoms with van der Waals surface area (Å²) >= 11 is 1.56. The minimum atomic E-state index is -0.830. The summed E-state index contributed by atoms with van der Waals surface area (Å²) in [6, 6.07) is 3.86. The summed E-state index contributed by atoms with van der Waals surface area (Å²) in [6.07, 6.45) is 1.79. The van der Waals surface area contributed by atoms with E-state index >= 15 is 0 Å². The van der Waals surface area contributed by atoms with Gasteiger partial charge in [-0.25, -0.2) is 4.98 Å². The molecular formula is C10H9NO3S. The van der Waals surface area contributed by atoms with E-state index in [0.29, 0.717) is 12.2 Å². The Morgan fingerprint density at radius 1 is 1.60 bits per heavy atom. The van der Waals surface area contributed by atoms with Gasteiger partial charge in [-0.2, -0.15) is 0 Å². The molecule has 2 aromatic heterocycles. The molecule has 0 radical (unpaired) electrons. The maximum Gasteiger partial charge on any atom is 0.303 e. The molecule has 78 valence electrons. The molecular weight excluding hydrogens is 214 g/mol. The van der Waals surface area contributed by atoms with Crippen LogP contribution in [0.25, 0.3) is 10.6 Å². The smallest absolute Gasteiger partial charge is 0.303 e. The number of nitrogens with zero attached hydrogens (tertiary/aromatic N) is 1. The predicted octanol–water partition coefficient (Wildman–Crippen LogP) is 2.42. The summed E-state index contributed by atoms with van der Waals surface area (Å²) in [5.74, 6) is -0.191. The number of hydrogen-bond acceptors (Lipinski definition) is 4. The number of carboxylic acids is 1. The van der Waals surface area contributed by atoms with Crippen molar-refractivity contribution in [3.63, 3.8) is 0 Å². The van der Waals surface area contributed by atoms with Gasteiger partial charge in [0.15, 0.2) is 6.39 Å². The molecule has 4 nitrogen and oxygen atoms in total. The Hall–Kier alpha value is -1.62. The van der Waals surface area contributed by atoms with Crippen molar-refractivity contribution in [1.82, 2.24) is 4.98 Å². The first-order valence-corrected chi connectivity index (χ1v) is 5.33. The zero-order chi connectivity index (χ0) is 10.7. The number of oxazole rings is 1. The van der Waals surface area contributed by atoms with Gasteiger partial charge in [0.1, 0.15) is 11.5 Å². The minimum absolute atomic E-state index is 0.0631. The van der Waals surface area contributed by atoms with E-state index < -0.39 is 5.97 Å². The molecule has 1 N–H and O–H groups in total. The van der Waals surface area contributed by atoms with Crippen LogP contribution in [0.3, 0.4) is 0 Å². The highest BCUT2D eigenvalue weighted by Gasteiger charge is 2.12. The quantitative estimate of drug-likeness (QED) is 0.864.